The first-order valence-electron chi connectivity index (χ1n) is 4.82. The van der Waals surface area contributed by atoms with Crippen LogP contribution in [0.25, 0.3) is 0 Å². The summed E-state index contributed by atoms with van der Waals surface area (Å²) >= 11 is 11.4. The van der Waals surface area contributed by atoms with Gasteiger partial charge in [-0.15, -0.1) is 0 Å². The smallest absolute Gasteiger partial charge is 0.265 e. The lowest BCUT2D eigenvalue weighted by atomic mass is 10.2. The molecule has 0 bridgehead atoms. The minimum atomic E-state index is -2.93. The van der Waals surface area contributed by atoms with Crippen LogP contribution in [0.2, 0.25) is 10.0 Å². The largest absolute Gasteiger partial charge is 0.396 e. The number of alkyl halides is 2. The predicted octanol–water partition coefficient (Wildman–Crippen LogP) is 1.93. The normalized spacial score (nSPS) is 12.6. The fraction of sp³-hybridized carbons (Fsp3) is 0.300. The third kappa shape index (κ3) is 3.69. The van der Waals surface area contributed by atoms with Crippen LogP contribution in [0, 0.1) is 0 Å². The molecule has 0 aromatic heterocycles. The fourth-order valence-electron chi connectivity index (χ4n) is 1.10. The number of carbonyl (C=O) groups is 1. The number of nitrogen functional groups attached to an aromatic ring is 1. The van der Waals surface area contributed by atoms with E-state index in [1.807, 2.05) is 0 Å². The molecule has 0 aliphatic rings. The number of rotatable bonds is 4. The number of nitrogens with one attached hydrogen (secondary N) is 1. The van der Waals surface area contributed by atoms with Crippen molar-refractivity contribution in [2.45, 2.75) is 12.5 Å². The Balaban J connectivity index is 2.73. The molecule has 1 rings (SSSR count). The standard InChI is InChI=1S/C10H10Cl2F2N2O2/c11-5-1-4(2-6(12)8(5)15)10(18)16-3-7(17)9(13)14/h1-2,7,9,17H,3,15H2,(H,16,18). The molecule has 8 heteroatoms. The molecule has 0 heterocycles. The van der Waals surface area contributed by atoms with Crippen molar-refractivity contribution in [2.75, 3.05) is 12.3 Å². The monoisotopic (exact) mass is 298 g/mol. The third-order valence-electron chi connectivity index (χ3n) is 2.10. The van der Waals surface area contributed by atoms with Crippen LogP contribution >= 0.6 is 23.2 Å². The van der Waals surface area contributed by atoms with E-state index in [2.05, 4.69) is 5.32 Å². The Morgan fingerprint density at radius 2 is 1.89 bits per heavy atom. The van der Waals surface area contributed by atoms with Crippen LogP contribution in [0.15, 0.2) is 12.1 Å². The maximum Gasteiger partial charge on any atom is 0.265 e. The summed E-state index contributed by atoms with van der Waals surface area (Å²) in [5.41, 5.74) is 5.68. The van der Waals surface area contributed by atoms with Gasteiger partial charge in [0.2, 0.25) is 0 Å². The Labute approximate surface area is 112 Å². The molecule has 0 aliphatic heterocycles. The molecule has 0 saturated carbocycles. The van der Waals surface area contributed by atoms with E-state index in [0.29, 0.717) is 0 Å². The summed E-state index contributed by atoms with van der Waals surface area (Å²) in [4.78, 5) is 11.6. The lowest BCUT2D eigenvalue weighted by molar-refractivity contribution is -0.00270. The maximum atomic E-state index is 12.0. The topological polar surface area (TPSA) is 75.4 Å². The highest BCUT2D eigenvalue weighted by Gasteiger charge is 2.18. The van der Waals surface area contributed by atoms with Crippen LogP contribution in [0.1, 0.15) is 10.4 Å². The minimum absolute atomic E-state index is 0.0701. The summed E-state index contributed by atoms with van der Waals surface area (Å²) < 4.78 is 24.0. The fourth-order valence-corrected chi connectivity index (χ4v) is 1.59. The van der Waals surface area contributed by atoms with Gasteiger partial charge in [-0.3, -0.25) is 4.79 Å². The van der Waals surface area contributed by atoms with Gasteiger partial charge in [0, 0.05) is 12.1 Å². The molecular weight excluding hydrogens is 289 g/mol. The number of aliphatic hydroxyl groups excluding tert-OH is 1. The molecule has 0 radical (unpaired) electrons. The van der Waals surface area contributed by atoms with Crippen molar-refractivity contribution < 1.29 is 18.7 Å². The molecule has 100 valence electrons. The Kier molecular flexibility index (Phi) is 5.13. The van der Waals surface area contributed by atoms with Gasteiger partial charge in [0.05, 0.1) is 15.7 Å². The minimum Gasteiger partial charge on any atom is -0.396 e. The highest BCUT2D eigenvalue weighted by Crippen LogP contribution is 2.28. The van der Waals surface area contributed by atoms with Crippen molar-refractivity contribution in [1.29, 1.82) is 0 Å². The first kappa shape index (κ1) is 14.9. The maximum absolute atomic E-state index is 12.0. The van der Waals surface area contributed by atoms with Crippen LogP contribution in [0.5, 0.6) is 0 Å². The number of anilines is 1. The molecule has 4 nitrogen and oxygen atoms in total. The van der Waals surface area contributed by atoms with Crippen LogP contribution in [0.4, 0.5) is 14.5 Å². The van der Waals surface area contributed by atoms with Gasteiger partial charge in [-0.2, -0.15) is 0 Å². The number of nitrogens with two attached hydrogens (primary N) is 1. The van der Waals surface area contributed by atoms with Gasteiger partial charge in [0.25, 0.3) is 12.3 Å². The lowest BCUT2D eigenvalue weighted by Crippen LogP contribution is -2.35. The summed E-state index contributed by atoms with van der Waals surface area (Å²) in [5.74, 6) is -0.682. The summed E-state index contributed by atoms with van der Waals surface area (Å²) in [6, 6.07) is 2.51. The Morgan fingerprint density at radius 1 is 1.39 bits per heavy atom. The van der Waals surface area contributed by atoms with Gasteiger partial charge in [0.15, 0.2) is 0 Å². The van der Waals surface area contributed by atoms with E-state index in [-0.39, 0.29) is 21.3 Å². The second-order valence-corrected chi connectivity index (χ2v) is 4.28. The van der Waals surface area contributed by atoms with E-state index in [0.717, 1.165) is 0 Å². The second-order valence-electron chi connectivity index (χ2n) is 3.47. The number of halogens is 4. The van der Waals surface area contributed by atoms with Gasteiger partial charge in [-0.05, 0) is 12.1 Å². The summed E-state index contributed by atoms with van der Waals surface area (Å²) in [6.07, 6.45) is -4.85. The first-order valence-corrected chi connectivity index (χ1v) is 5.57. The van der Waals surface area contributed by atoms with Crippen molar-refractivity contribution in [2.24, 2.45) is 0 Å². The Hall–Kier alpha value is -1.11. The van der Waals surface area contributed by atoms with Crippen molar-refractivity contribution >= 4 is 34.8 Å². The van der Waals surface area contributed by atoms with E-state index < -0.39 is 25.0 Å². The molecule has 0 fully saturated rings. The molecule has 1 atom stereocenters. The molecule has 4 N–H and O–H groups in total. The average molecular weight is 299 g/mol. The van der Waals surface area contributed by atoms with E-state index in [1.54, 1.807) is 0 Å². The van der Waals surface area contributed by atoms with Crippen molar-refractivity contribution in [3.63, 3.8) is 0 Å². The van der Waals surface area contributed by atoms with Crippen LogP contribution < -0.4 is 11.1 Å². The first-order chi connectivity index (χ1) is 8.32. The number of hydrogen-bond acceptors (Lipinski definition) is 3. The van der Waals surface area contributed by atoms with Crippen LogP contribution in [0.3, 0.4) is 0 Å². The van der Waals surface area contributed by atoms with E-state index in [4.69, 9.17) is 34.0 Å². The van der Waals surface area contributed by atoms with Gasteiger partial charge in [-0.1, -0.05) is 23.2 Å². The quantitative estimate of drug-likeness (QED) is 0.744. The number of benzene rings is 1. The molecule has 1 aromatic carbocycles. The molecule has 0 saturated heterocycles. The van der Waals surface area contributed by atoms with E-state index in [1.165, 1.54) is 12.1 Å². The highest BCUT2D eigenvalue weighted by atomic mass is 35.5. The molecular formula is C10H10Cl2F2N2O2. The molecule has 1 unspecified atom stereocenters. The van der Waals surface area contributed by atoms with Crippen LogP contribution in [-0.2, 0) is 0 Å². The van der Waals surface area contributed by atoms with E-state index >= 15 is 0 Å². The third-order valence-corrected chi connectivity index (χ3v) is 2.73. The van der Waals surface area contributed by atoms with Crippen molar-refractivity contribution in [3.05, 3.63) is 27.7 Å². The van der Waals surface area contributed by atoms with Gasteiger partial charge < -0.3 is 16.2 Å². The molecule has 0 aliphatic carbocycles. The number of aliphatic hydroxyl groups is 1. The lowest BCUT2D eigenvalue weighted by Gasteiger charge is -2.11. The number of amides is 1. The number of hydrogen-bond donors (Lipinski definition) is 3. The molecule has 1 aromatic rings. The summed E-state index contributed by atoms with van der Waals surface area (Å²) in [5, 5.41) is 11.1. The average Bonchev–Trinajstić information content (AvgIpc) is 2.31. The predicted molar refractivity (Wildman–Crippen MR) is 65.2 cm³/mol. The Morgan fingerprint density at radius 3 is 2.33 bits per heavy atom. The highest BCUT2D eigenvalue weighted by molar-refractivity contribution is 6.39. The molecule has 0 spiro atoms. The van der Waals surface area contributed by atoms with Crippen LogP contribution in [-0.4, -0.2) is 30.1 Å². The van der Waals surface area contributed by atoms with Gasteiger partial charge >= 0.3 is 0 Å². The van der Waals surface area contributed by atoms with E-state index in [9.17, 15) is 13.6 Å². The van der Waals surface area contributed by atoms with Crippen molar-refractivity contribution in [1.82, 2.24) is 5.32 Å². The molecule has 18 heavy (non-hydrogen) atoms. The van der Waals surface area contributed by atoms with Crippen molar-refractivity contribution in [3.8, 4) is 0 Å². The second kappa shape index (κ2) is 6.17. The zero-order valence-electron chi connectivity index (χ0n) is 8.96. The molecule has 1 amide bonds. The van der Waals surface area contributed by atoms with Gasteiger partial charge in [0.1, 0.15) is 6.10 Å². The summed E-state index contributed by atoms with van der Waals surface area (Å²) in [7, 11) is 0. The zero-order chi connectivity index (χ0) is 13.9. The summed E-state index contributed by atoms with van der Waals surface area (Å²) in [6.45, 7) is -0.573. The zero-order valence-corrected chi connectivity index (χ0v) is 10.5. The van der Waals surface area contributed by atoms with Gasteiger partial charge in [-0.25, -0.2) is 8.78 Å². The Bertz CT molecular complexity index is 434. The number of carbonyl (C=O) groups excluding carboxylic acids is 1. The SMILES string of the molecule is Nc1c(Cl)cc(C(=O)NCC(O)C(F)F)cc1Cl.